The van der Waals surface area contributed by atoms with Crippen molar-refractivity contribution in [2.75, 3.05) is 0 Å². The van der Waals surface area contributed by atoms with E-state index in [0.29, 0.717) is 0 Å². The number of hydrogen-bond donors (Lipinski definition) is 0. The lowest BCUT2D eigenvalue weighted by atomic mass is 9.97. The average Bonchev–Trinajstić information content (AvgIpc) is 3.79. The van der Waals surface area contributed by atoms with Crippen molar-refractivity contribution in [3.05, 3.63) is 170 Å². The number of hydrogen-bond acceptors (Lipinski definition) is 1. The van der Waals surface area contributed by atoms with Crippen LogP contribution in [0.3, 0.4) is 0 Å². The summed E-state index contributed by atoms with van der Waals surface area (Å²) in [4.78, 5) is 0. The first-order chi connectivity index (χ1) is 23.3. The summed E-state index contributed by atoms with van der Waals surface area (Å²) in [5.74, 6) is 0. The monoisotopic (exact) mass is 600 g/mol. The molecule has 0 aliphatic heterocycles. The average molecular weight is 601 g/mol. The SMILES string of the molecule is c1ccc(-c2c(-c3ccccc3)n(-c3cccc4c3oc3ccccc34)c3cc4c5ccccc5n(-c5ccccc5)c4cc23)cc1. The minimum Gasteiger partial charge on any atom is -0.454 e. The second kappa shape index (κ2) is 10.1. The largest absolute Gasteiger partial charge is 0.454 e. The fraction of sp³-hybridized carbons (Fsp3) is 0. The summed E-state index contributed by atoms with van der Waals surface area (Å²) in [7, 11) is 0. The molecule has 10 aromatic rings. The standard InChI is InChI=1S/C44H28N2O/c1-4-15-29(16-5-1)42-36-28-39-35(32-21-10-12-24-37(32)45(39)31-19-8-3-9-20-31)27-40(36)46(43(42)30-17-6-2-7-18-30)38-25-14-23-34-33-22-11-13-26-41(33)47-44(34)38/h1-28H. The quantitative estimate of drug-likeness (QED) is 0.197. The van der Waals surface area contributed by atoms with Gasteiger partial charge in [-0.15, -0.1) is 0 Å². The van der Waals surface area contributed by atoms with Crippen LogP contribution in [0.5, 0.6) is 0 Å². The van der Waals surface area contributed by atoms with E-state index >= 15 is 0 Å². The Hall–Kier alpha value is -6.32. The molecule has 7 aromatic carbocycles. The van der Waals surface area contributed by atoms with Crippen molar-refractivity contribution < 1.29 is 4.42 Å². The fourth-order valence-corrected chi connectivity index (χ4v) is 7.53. The highest BCUT2D eigenvalue weighted by molar-refractivity contribution is 6.18. The smallest absolute Gasteiger partial charge is 0.159 e. The Kier molecular flexibility index (Phi) is 5.57. The van der Waals surface area contributed by atoms with Crippen LogP contribution in [0.25, 0.3) is 88.4 Å². The van der Waals surface area contributed by atoms with Crippen LogP contribution in [0.15, 0.2) is 174 Å². The molecule has 10 rings (SSSR count). The van der Waals surface area contributed by atoms with E-state index in [4.69, 9.17) is 4.42 Å². The number of furan rings is 1. The maximum atomic E-state index is 6.69. The van der Waals surface area contributed by atoms with Crippen molar-refractivity contribution in [3.63, 3.8) is 0 Å². The van der Waals surface area contributed by atoms with Crippen molar-refractivity contribution >= 4 is 54.6 Å². The van der Waals surface area contributed by atoms with Crippen LogP contribution in [-0.2, 0) is 0 Å². The van der Waals surface area contributed by atoms with Gasteiger partial charge >= 0.3 is 0 Å². The first-order valence-corrected chi connectivity index (χ1v) is 16.0. The van der Waals surface area contributed by atoms with Gasteiger partial charge in [0.25, 0.3) is 0 Å². The van der Waals surface area contributed by atoms with Gasteiger partial charge in [-0.1, -0.05) is 127 Å². The van der Waals surface area contributed by atoms with Crippen molar-refractivity contribution in [3.8, 4) is 33.8 Å². The third kappa shape index (κ3) is 3.81. The van der Waals surface area contributed by atoms with Crippen LogP contribution >= 0.6 is 0 Å². The molecule has 3 aromatic heterocycles. The molecule has 0 radical (unpaired) electrons. The van der Waals surface area contributed by atoms with Crippen molar-refractivity contribution in [1.29, 1.82) is 0 Å². The van der Waals surface area contributed by atoms with E-state index in [1.54, 1.807) is 0 Å². The molecule has 0 spiro atoms. The zero-order valence-corrected chi connectivity index (χ0v) is 25.5. The highest BCUT2D eigenvalue weighted by Crippen LogP contribution is 2.47. The molecule has 0 fully saturated rings. The molecule has 0 bridgehead atoms. The van der Waals surface area contributed by atoms with Gasteiger partial charge in [-0.05, 0) is 53.6 Å². The van der Waals surface area contributed by atoms with E-state index in [2.05, 4.69) is 173 Å². The summed E-state index contributed by atoms with van der Waals surface area (Å²) in [6, 6.07) is 60.6. The molecule has 47 heavy (non-hydrogen) atoms. The first-order valence-electron chi connectivity index (χ1n) is 16.0. The second-order valence-electron chi connectivity index (χ2n) is 12.1. The van der Waals surface area contributed by atoms with Crippen LogP contribution in [-0.4, -0.2) is 9.13 Å². The van der Waals surface area contributed by atoms with Crippen LogP contribution in [0.2, 0.25) is 0 Å². The topological polar surface area (TPSA) is 23.0 Å². The van der Waals surface area contributed by atoms with Crippen LogP contribution in [0, 0.1) is 0 Å². The highest BCUT2D eigenvalue weighted by atomic mass is 16.3. The fourth-order valence-electron chi connectivity index (χ4n) is 7.53. The summed E-state index contributed by atoms with van der Waals surface area (Å²) in [6.07, 6.45) is 0. The van der Waals surface area contributed by atoms with Gasteiger partial charge in [-0.2, -0.15) is 0 Å². The summed E-state index contributed by atoms with van der Waals surface area (Å²) >= 11 is 0. The van der Waals surface area contributed by atoms with Gasteiger partial charge in [0.05, 0.1) is 27.9 Å². The summed E-state index contributed by atoms with van der Waals surface area (Å²) in [5, 5.41) is 5.87. The van der Waals surface area contributed by atoms with E-state index in [0.717, 1.165) is 50.1 Å². The van der Waals surface area contributed by atoms with Gasteiger partial charge in [-0.25, -0.2) is 0 Å². The van der Waals surface area contributed by atoms with Crippen molar-refractivity contribution in [2.24, 2.45) is 0 Å². The maximum Gasteiger partial charge on any atom is 0.159 e. The number of nitrogens with zero attached hydrogens (tertiary/aromatic N) is 2. The lowest BCUT2D eigenvalue weighted by Crippen LogP contribution is -1.98. The molecule has 0 unspecified atom stereocenters. The Morgan fingerprint density at radius 2 is 0.979 bits per heavy atom. The molecule has 3 nitrogen and oxygen atoms in total. The van der Waals surface area contributed by atoms with Gasteiger partial charge in [0, 0.05) is 38.2 Å². The molecule has 0 atom stereocenters. The molecular formula is C44H28N2O. The number of benzene rings is 7. The molecule has 0 saturated heterocycles. The molecule has 3 heteroatoms. The van der Waals surface area contributed by atoms with Gasteiger partial charge in [0.15, 0.2) is 5.58 Å². The number of aromatic nitrogens is 2. The molecule has 0 aliphatic rings. The molecular weight excluding hydrogens is 572 g/mol. The van der Waals surface area contributed by atoms with E-state index in [1.165, 1.54) is 38.3 Å². The summed E-state index contributed by atoms with van der Waals surface area (Å²) < 4.78 is 11.5. The predicted molar refractivity (Wildman–Crippen MR) is 196 cm³/mol. The number of rotatable bonds is 4. The zero-order chi connectivity index (χ0) is 30.9. The van der Waals surface area contributed by atoms with Gasteiger partial charge in [-0.3, -0.25) is 0 Å². The summed E-state index contributed by atoms with van der Waals surface area (Å²) in [5.41, 5.74) is 12.1. The Bertz CT molecular complexity index is 2770. The van der Waals surface area contributed by atoms with E-state index < -0.39 is 0 Å². The Morgan fingerprint density at radius 1 is 0.383 bits per heavy atom. The van der Waals surface area contributed by atoms with Crippen molar-refractivity contribution in [2.45, 2.75) is 0 Å². The van der Waals surface area contributed by atoms with Gasteiger partial charge < -0.3 is 13.6 Å². The van der Waals surface area contributed by atoms with E-state index in [9.17, 15) is 0 Å². The van der Waals surface area contributed by atoms with E-state index in [1.807, 2.05) is 6.07 Å². The molecule has 0 N–H and O–H groups in total. The minimum atomic E-state index is 0.884. The second-order valence-corrected chi connectivity index (χ2v) is 12.1. The van der Waals surface area contributed by atoms with Crippen LogP contribution < -0.4 is 0 Å². The molecule has 0 amide bonds. The lowest BCUT2D eigenvalue weighted by Gasteiger charge is -2.14. The number of fused-ring (bicyclic) bond motifs is 7. The molecule has 3 heterocycles. The lowest BCUT2D eigenvalue weighted by molar-refractivity contribution is 0.666. The Labute approximate surface area is 271 Å². The van der Waals surface area contributed by atoms with Crippen molar-refractivity contribution in [1.82, 2.24) is 9.13 Å². The molecule has 0 aliphatic carbocycles. The normalized spacial score (nSPS) is 11.8. The minimum absolute atomic E-state index is 0.884. The van der Waals surface area contributed by atoms with Crippen LogP contribution in [0.4, 0.5) is 0 Å². The third-order valence-corrected chi connectivity index (χ3v) is 9.51. The Balaban J connectivity index is 1.44. The van der Waals surface area contributed by atoms with Gasteiger partial charge in [0.2, 0.25) is 0 Å². The van der Waals surface area contributed by atoms with E-state index in [-0.39, 0.29) is 0 Å². The zero-order valence-electron chi connectivity index (χ0n) is 25.5. The summed E-state index contributed by atoms with van der Waals surface area (Å²) in [6.45, 7) is 0. The molecule has 220 valence electrons. The predicted octanol–water partition coefficient (Wildman–Crippen LogP) is 12.0. The van der Waals surface area contributed by atoms with Gasteiger partial charge in [0.1, 0.15) is 5.58 Å². The van der Waals surface area contributed by atoms with Crippen LogP contribution in [0.1, 0.15) is 0 Å². The third-order valence-electron chi connectivity index (χ3n) is 9.51. The highest BCUT2D eigenvalue weighted by Gasteiger charge is 2.25. The first kappa shape index (κ1) is 26.0. The Morgan fingerprint density at radius 3 is 1.77 bits per heavy atom. The molecule has 0 saturated carbocycles. The number of para-hydroxylation sites is 4. The maximum absolute atomic E-state index is 6.69.